The number of carboxylic acids is 1. The number of aliphatic hydroxyl groups excluding tert-OH is 3. The topological polar surface area (TPSA) is 155 Å². The van der Waals surface area contributed by atoms with Gasteiger partial charge in [-0.2, -0.15) is 0 Å². The first-order chi connectivity index (χ1) is 17.7. The third kappa shape index (κ3) is 10.7. The van der Waals surface area contributed by atoms with Gasteiger partial charge in [-0.15, -0.1) is 0 Å². The molecule has 38 heavy (non-hydrogen) atoms. The van der Waals surface area contributed by atoms with Crippen molar-refractivity contribution in [1.29, 1.82) is 5.41 Å². The van der Waals surface area contributed by atoms with Crippen LogP contribution in [-0.2, 0) is 14.3 Å². The van der Waals surface area contributed by atoms with Crippen molar-refractivity contribution in [1.82, 2.24) is 9.80 Å². The van der Waals surface area contributed by atoms with Crippen LogP contribution in [0, 0.1) is 29.1 Å². The first kappa shape index (κ1) is 33.6. The number of hydrogen-bond acceptors (Lipinski definition) is 7. The number of nitrogens with one attached hydrogen (secondary N) is 1. The Morgan fingerprint density at radius 1 is 1.16 bits per heavy atom. The highest BCUT2D eigenvalue weighted by Crippen LogP contribution is 2.44. The van der Waals surface area contributed by atoms with Crippen LogP contribution in [0.4, 0.5) is 0 Å². The molecule has 0 saturated heterocycles. The van der Waals surface area contributed by atoms with E-state index in [1.807, 2.05) is 54.2 Å². The van der Waals surface area contributed by atoms with E-state index in [1.54, 1.807) is 9.80 Å². The number of allylic oxidation sites excluding steroid dienone is 2. The van der Waals surface area contributed by atoms with Crippen molar-refractivity contribution < 1.29 is 34.8 Å². The van der Waals surface area contributed by atoms with Crippen LogP contribution < -0.4 is 0 Å². The van der Waals surface area contributed by atoms with E-state index in [-0.39, 0.29) is 42.5 Å². The number of hydrogen-bond donors (Lipinski definition) is 5. The fourth-order valence-electron chi connectivity index (χ4n) is 4.92. The highest BCUT2D eigenvalue weighted by atomic mass is 16.5. The van der Waals surface area contributed by atoms with Crippen LogP contribution in [0.3, 0.4) is 0 Å². The molecular weight excluding hydrogens is 490 g/mol. The predicted molar refractivity (Wildman–Crippen MR) is 147 cm³/mol. The molecule has 0 fully saturated rings. The second kappa shape index (κ2) is 15.9. The van der Waals surface area contributed by atoms with Gasteiger partial charge < -0.3 is 35.0 Å². The van der Waals surface area contributed by atoms with E-state index < -0.39 is 30.4 Å². The van der Waals surface area contributed by atoms with Crippen LogP contribution in [-0.4, -0.2) is 101 Å². The molecule has 10 heteroatoms. The van der Waals surface area contributed by atoms with Crippen molar-refractivity contribution in [2.24, 2.45) is 23.7 Å². The van der Waals surface area contributed by atoms with Gasteiger partial charge in [-0.1, -0.05) is 39.0 Å². The third-order valence-electron chi connectivity index (χ3n) is 7.29. The summed E-state index contributed by atoms with van der Waals surface area (Å²) < 4.78 is 5.84. The van der Waals surface area contributed by atoms with Crippen LogP contribution in [0.5, 0.6) is 0 Å². The highest BCUT2D eigenvalue weighted by molar-refractivity contribution is 5.75. The maximum absolute atomic E-state index is 12.4. The third-order valence-corrected chi connectivity index (χ3v) is 7.29. The fourth-order valence-corrected chi connectivity index (χ4v) is 4.92. The molecule has 0 radical (unpaired) electrons. The minimum Gasteiger partial charge on any atom is -0.481 e. The molecule has 8 atom stereocenters. The van der Waals surface area contributed by atoms with Gasteiger partial charge in [0.25, 0.3) is 0 Å². The lowest BCUT2D eigenvalue weighted by atomic mass is 9.66. The SMILES string of the molecule is CC[C@H](C)C(=O)O[C@H]1C[C@H](O)C=C2C=C[C@H](C)[C@H](CC[C@@H](O)C[C@@H](O)CC(=O)O)[C@H]21.CN(C)C(=N)N(C)C. The molecule has 0 aliphatic heterocycles. The summed E-state index contributed by atoms with van der Waals surface area (Å²) in [5.41, 5.74) is 0.958. The quantitative estimate of drug-likeness (QED) is 0.160. The molecule has 0 amide bonds. The molecule has 0 spiro atoms. The number of esters is 1. The summed E-state index contributed by atoms with van der Waals surface area (Å²) in [5, 5.41) is 46.3. The predicted octanol–water partition coefficient (Wildman–Crippen LogP) is 2.48. The minimum absolute atomic E-state index is 0.0156. The molecule has 2 aliphatic rings. The van der Waals surface area contributed by atoms with E-state index in [0.29, 0.717) is 31.6 Å². The average molecular weight is 540 g/mol. The number of fused-ring (bicyclic) bond motifs is 1. The lowest BCUT2D eigenvalue weighted by Crippen LogP contribution is -2.43. The molecule has 0 heterocycles. The molecule has 0 saturated carbocycles. The molecule has 218 valence electrons. The number of aliphatic hydroxyl groups is 3. The van der Waals surface area contributed by atoms with Crippen molar-refractivity contribution in [2.75, 3.05) is 28.2 Å². The Morgan fingerprint density at radius 3 is 2.26 bits per heavy atom. The lowest BCUT2D eigenvalue weighted by molar-refractivity contribution is -0.159. The number of carboxylic acid groups (broad SMARTS) is 1. The van der Waals surface area contributed by atoms with Gasteiger partial charge in [0, 0.05) is 40.5 Å². The summed E-state index contributed by atoms with van der Waals surface area (Å²) >= 11 is 0. The summed E-state index contributed by atoms with van der Waals surface area (Å²) in [6.45, 7) is 5.85. The Kier molecular flexibility index (Phi) is 14.0. The van der Waals surface area contributed by atoms with Crippen LogP contribution in [0.15, 0.2) is 23.8 Å². The van der Waals surface area contributed by atoms with Gasteiger partial charge in [0.1, 0.15) is 6.10 Å². The summed E-state index contributed by atoms with van der Waals surface area (Å²) in [5.74, 6) is -0.791. The molecule has 2 rings (SSSR count). The maximum Gasteiger partial charge on any atom is 0.308 e. The average Bonchev–Trinajstić information content (AvgIpc) is 2.81. The van der Waals surface area contributed by atoms with Crippen molar-refractivity contribution in [3.8, 4) is 0 Å². The number of ether oxygens (including phenoxy) is 1. The van der Waals surface area contributed by atoms with Gasteiger partial charge in [0.15, 0.2) is 5.96 Å². The summed E-state index contributed by atoms with van der Waals surface area (Å²) in [7, 11) is 7.40. The van der Waals surface area contributed by atoms with E-state index >= 15 is 0 Å². The Balaban J connectivity index is 0.000000781. The fraction of sp³-hybridized carbons (Fsp3) is 0.750. The van der Waals surface area contributed by atoms with Gasteiger partial charge in [-0.3, -0.25) is 15.0 Å². The van der Waals surface area contributed by atoms with Gasteiger partial charge in [-0.25, -0.2) is 0 Å². The Morgan fingerprint density at radius 2 is 1.76 bits per heavy atom. The Hall–Kier alpha value is -2.43. The van der Waals surface area contributed by atoms with E-state index in [2.05, 4.69) is 13.0 Å². The Labute approximate surface area is 227 Å². The van der Waals surface area contributed by atoms with Gasteiger partial charge in [0.2, 0.25) is 0 Å². The molecule has 10 nitrogen and oxygen atoms in total. The number of guanidine groups is 1. The van der Waals surface area contributed by atoms with Crippen molar-refractivity contribution in [2.45, 2.75) is 83.7 Å². The normalized spacial score (nSPS) is 26.5. The zero-order chi connectivity index (χ0) is 29.2. The summed E-state index contributed by atoms with van der Waals surface area (Å²) in [4.78, 5) is 26.6. The number of carbonyl (C=O) groups is 2. The molecule has 0 unspecified atom stereocenters. The van der Waals surface area contributed by atoms with Crippen molar-refractivity contribution >= 4 is 17.9 Å². The Bertz CT molecular complexity index is 832. The van der Waals surface area contributed by atoms with E-state index in [1.165, 1.54) is 0 Å². The zero-order valence-corrected chi connectivity index (χ0v) is 24.0. The number of nitrogens with zero attached hydrogens (tertiary/aromatic N) is 2. The van der Waals surface area contributed by atoms with Gasteiger partial charge in [0.05, 0.1) is 30.7 Å². The van der Waals surface area contributed by atoms with Crippen molar-refractivity contribution in [3.05, 3.63) is 23.8 Å². The van der Waals surface area contributed by atoms with Gasteiger partial charge >= 0.3 is 11.9 Å². The smallest absolute Gasteiger partial charge is 0.308 e. The maximum atomic E-state index is 12.4. The summed E-state index contributed by atoms with van der Waals surface area (Å²) in [6.07, 6.45) is 4.64. The molecule has 0 aromatic heterocycles. The first-order valence-corrected chi connectivity index (χ1v) is 13.5. The monoisotopic (exact) mass is 539 g/mol. The molecule has 2 aliphatic carbocycles. The van der Waals surface area contributed by atoms with Crippen LogP contribution in [0.1, 0.15) is 59.3 Å². The standard InChI is InChI=1S/C23H36O7.C5H13N3/c1-4-13(2)23(29)30-20-11-17(25)9-15-6-5-14(3)19(22(15)20)8-7-16(24)10-18(26)12-21(27)28;1-7(2)5(6)8(3)4/h5-6,9,13-14,16-20,22,24-26H,4,7-8,10-12H2,1-3H3,(H,27,28);6H,1-4H3/t13-,14-,16+,17+,18+,19-,20-,22-;/m0./s1. The number of aliphatic carboxylic acids is 1. The van der Waals surface area contributed by atoms with E-state index in [9.17, 15) is 24.9 Å². The zero-order valence-electron chi connectivity index (χ0n) is 24.0. The highest BCUT2D eigenvalue weighted by Gasteiger charge is 2.42. The van der Waals surface area contributed by atoms with Crippen LogP contribution >= 0.6 is 0 Å². The van der Waals surface area contributed by atoms with Crippen molar-refractivity contribution in [3.63, 3.8) is 0 Å². The van der Waals surface area contributed by atoms with E-state index in [0.717, 1.165) is 5.57 Å². The number of rotatable bonds is 10. The minimum atomic E-state index is -1.10. The molecule has 0 aromatic rings. The largest absolute Gasteiger partial charge is 0.481 e. The molecule has 5 N–H and O–H groups in total. The second-order valence-electron chi connectivity index (χ2n) is 11.0. The van der Waals surface area contributed by atoms with E-state index in [4.69, 9.17) is 15.3 Å². The summed E-state index contributed by atoms with van der Waals surface area (Å²) in [6, 6.07) is 0. The lowest BCUT2D eigenvalue weighted by Gasteiger charge is -2.43. The van der Waals surface area contributed by atoms with Gasteiger partial charge in [-0.05, 0) is 43.1 Å². The molecular formula is C28H49N3O7. The molecule has 0 aromatic carbocycles. The van der Waals surface area contributed by atoms with Crippen LogP contribution in [0.2, 0.25) is 0 Å². The molecule has 0 bridgehead atoms. The second-order valence-corrected chi connectivity index (χ2v) is 11.0. The first-order valence-electron chi connectivity index (χ1n) is 13.5. The number of carbonyl (C=O) groups excluding carboxylic acids is 1. The van der Waals surface area contributed by atoms with Crippen LogP contribution in [0.25, 0.3) is 0 Å².